The normalized spacial score (nSPS) is 12.4. The number of aromatic amines is 1. The molecule has 1 aromatic heterocycles. The molecule has 1 heterocycles. The molecular weight excluding hydrogens is 302 g/mol. The highest BCUT2D eigenvalue weighted by Crippen LogP contribution is 2.35. The number of methoxy groups -OCH3 is 2. The number of nitrogens with one attached hydrogen (secondary N) is 1. The largest absolute Gasteiger partial charge is 0.868 e. The van der Waals surface area contributed by atoms with Gasteiger partial charge in [-0.1, -0.05) is 13.3 Å². The van der Waals surface area contributed by atoms with Gasteiger partial charge < -0.3 is 19.6 Å². The smallest absolute Gasteiger partial charge is 0.303 e. The molecule has 0 fully saturated rings. The van der Waals surface area contributed by atoms with Gasteiger partial charge in [0.25, 0.3) is 0 Å². The molecule has 0 aliphatic rings. The van der Waals surface area contributed by atoms with Crippen LogP contribution in [0.2, 0.25) is 0 Å². The second-order valence-corrected chi connectivity index (χ2v) is 7.15. The van der Waals surface area contributed by atoms with Crippen LogP contribution in [0, 0.1) is 0 Å². The lowest BCUT2D eigenvalue weighted by Crippen LogP contribution is -2.22. The number of hydrogen-bond acceptors (Lipinski definition) is 4. The highest BCUT2D eigenvalue weighted by Gasteiger charge is 2.22. The molecule has 1 aromatic carbocycles. The van der Waals surface area contributed by atoms with E-state index in [4.69, 9.17) is 9.47 Å². The number of hydrogen-bond donors (Lipinski definition) is 1. The minimum atomic E-state index is -0.356. The maximum absolute atomic E-state index is 12.7. The summed E-state index contributed by atoms with van der Waals surface area (Å²) in [5.41, 5.74) is 0.176. The van der Waals surface area contributed by atoms with E-state index in [0.29, 0.717) is 27.3 Å². The summed E-state index contributed by atoms with van der Waals surface area (Å²) in [4.78, 5) is 15.4. The van der Waals surface area contributed by atoms with Crippen molar-refractivity contribution in [3.05, 3.63) is 22.5 Å². The van der Waals surface area contributed by atoms with Crippen LogP contribution in [0.4, 0.5) is 0 Å². The van der Waals surface area contributed by atoms with Crippen LogP contribution >= 0.6 is 0 Å². The van der Waals surface area contributed by atoms with E-state index >= 15 is 0 Å². The first-order valence-electron chi connectivity index (χ1n) is 7.15. The third kappa shape index (κ3) is 3.02. The van der Waals surface area contributed by atoms with Gasteiger partial charge in [-0.05, 0) is 23.6 Å². The molecule has 1 atom stereocenters. The zero-order valence-electron chi connectivity index (χ0n) is 13.3. The van der Waals surface area contributed by atoms with Crippen LogP contribution in [0.25, 0.3) is 10.9 Å². The zero-order chi connectivity index (χ0) is 16.3. The summed E-state index contributed by atoms with van der Waals surface area (Å²) < 4.78 is 10.4. The first kappa shape index (κ1) is 16.5. The van der Waals surface area contributed by atoms with Crippen molar-refractivity contribution in [2.75, 3.05) is 26.2 Å². The lowest BCUT2D eigenvalue weighted by atomic mass is 10.2. The molecule has 0 radical (unpaired) electrons. The van der Waals surface area contributed by atoms with Crippen molar-refractivity contribution in [2.45, 2.75) is 24.7 Å². The molecule has 0 aliphatic carbocycles. The number of benzene rings is 1. The predicted molar refractivity (Wildman–Crippen MR) is 88.4 cm³/mol. The van der Waals surface area contributed by atoms with Crippen molar-refractivity contribution >= 4 is 21.8 Å². The summed E-state index contributed by atoms with van der Waals surface area (Å²) in [6, 6.07) is 3.26. The molecule has 1 unspecified atom stereocenters. The molecule has 6 heteroatoms. The lowest BCUT2D eigenvalue weighted by Gasteiger charge is -2.16. The zero-order valence-corrected chi connectivity index (χ0v) is 14.1. The van der Waals surface area contributed by atoms with Crippen LogP contribution in [-0.4, -0.2) is 31.2 Å². The van der Waals surface area contributed by atoms with Gasteiger partial charge in [-0.15, -0.1) is 0 Å². The van der Waals surface area contributed by atoms with Crippen LogP contribution in [-0.2, 0) is 10.9 Å². The Bertz CT molecular complexity index is 726. The van der Waals surface area contributed by atoms with Crippen LogP contribution in [0.5, 0.6) is 17.2 Å². The second-order valence-electron chi connectivity index (χ2n) is 5.06. The van der Waals surface area contributed by atoms with Crippen LogP contribution in [0.3, 0.4) is 0 Å². The Hall–Kier alpha value is -1.82. The fourth-order valence-corrected chi connectivity index (χ4v) is 4.07. The van der Waals surface area contributed by atoms with Gasteiger partial charge in [0.1, 0.15) is 12.0 Å². The maximum Gasteiger partial charge on any atom is 0.303 e. The Kier molecular flexibility index (Phi) is 5.24. The molecular formula is C16H21NO4S. The highest BCUT2D eigenvalue weighted by atomic mass is 32.2. The SMILES string of the molecule is CCCC[S+](C)c1c([O-])c2cc(OC)c(OC)cc2[nH]c1=O. The van der Waals surface area contributed by atoms with Gasteiger partial charge in [0, 0.05) is 17.0 Å². The molecule has 5 nitrogen and oxygen atoms in total. The number of pyridine rings is 1. The molecule has 120 valence electrons. The first-order valence-corrected chi connectivity index (χ1v) is 8.95. The van der Waals surface area contributed by atoms with Crippen molar-refractivity contribution in [1.82, 2.24) is 4.98 Å². The highest BCUT2D eigenvalue weighted by molar-refractivity contribution is 7.96. The number of unbranched alkanes of at least 4 members (excludes halogenated alkanes) is 1. The Morgan fingerprint density at radius 3 is 2.45 bits per heavy atom. The van der Waals surface area contributed by atoms with Gasteiger partial charge in [0.2, 0.25) is 4.90 Å². The Morgan fingerprint density at radius 2 is 1.86 bits per heavy atom. The summed E-state index contributed by atoms with van der Waals surface area (Å²) >= 11 is 0. The Balaban J connectivity index is 2.63. The van der Waals surface area contributed by atoms with Crippen molar-refractivity contribution in [1.29, 1.82) is 0 Å². The fourth-order valence-electron chi connectivity index (χ4n) is 2.35. The van der Waals surface area contributed by atoms with Gasteiger partial charge in [-0.3, -0.25) is 4.79 Å². The summed E-state index contributed by atoms with van der Waals surface area (Å²) in [5.74, 6) is 1.61. The van der Waals surface area contributed by atoms with Crippen molar-refractivity contribution in [2.24, 2.45) is 0 Å². The molecule has 0 aliphatic heterocycles. The van der Waals surface area contributed by atoms with Crippen LogP contribution < -0.4 is 20.1 Å². The maximum atomic E-state index is 12.7. The van der Waals surface area contributed by atoms with Crippen molar-refractivity contribution < 1.29 is 14.6 Å². The van der Waals surface area contributed by atoms with Gasteiger partial charge in [0.15, 0.2) is 11.5 Å². The van der Waals surface area contributed by atoms with E-state index in [-0.39, 0.29) is 22.2 Å². The standard InChI is InChI=1S/C16H21NO4S/c1-5-6-7-22(4)15-14(18)10-8-12(20-2)13(21-3)9-11(10)17-16(15)19/h8-9H,5-7H2,1-4H3,(H-,17,18,19). The average Bonchev–Trinajstić information content (AvgIpc) is 2.51. The monoisotopic (exact) mass is 323 g/mol. The fraction of sp³-hybridized carbons (Fsp3) is 0.438. The van der Waals surface area contributed by atoms with E-state index in [1.54, 1.807) is 12.1 Å². The van der Waals surface area contributed by atoms with E-state index in [2.05, 4.69) is 11.9 Å². The van der Waals surface area contributed by atoms with Gasteiger partial charge in [-0.25, -0.2) is 0 Å². The molecule has 0 bridgehead atoms. The average molecular weight is 323 g/mol. The minimum Gasteiger partial charge on any atom is -0.868 e. The molecule has 1 N–H and O–H groups in total. The molecule has 0 saturated carbocycles. The van der Waals surface area contributed by atoms with Gasteiger partial charge in [0.05, 0.1) is 19.7 Å². The van der Waals surface area contributed by atoms with E-state index in [9.17, 15) is 9.90 Å². The molecule has 2 rings (SSSR count). The summed E-state index contributed by atoms with van der Waals surface area (Å²) in [6.45, 7) is 2.09. The number of ether oxygens (including phenoxy) is 2. The number of fused-ring (bicyclic) bond motifs is 1. The number of H-pyrrole nitrogens is 1. The summed E-state index contributed by atoms with van der Waals surface area (Å²) in [6.07, 6.45) is 4.00. The van der Waals surface area contributed by atoms with Crippen LogP contribution in [0.15, 0.2) is 21.8 Å². The molecule has 0 saturated heterocycles. The van der Waals surface area contributed by atoms with Crippen LogP contribution in [0.1, 0.15) is 19.8 Å². The lowest BCUT2D eigenvalue weighted by molar-refractivity contribution is -0.270. The van der Waals surface area contributed by atoms with Crippen molar-refractivity contribution in [3.8, 4) is 17.2 Å². The van der Waals surface area contributed by atoms with Gasteiger partial charge >= 0.3 is 5.56 Å². The predicted octanol–water partition coefficient (Wildman–Crippen LogP) is 2.03. The quantitative estimate of drug-likeness (QED) is 0.825. The number of aromatic nitrogens is 1. The molecule has 2 aromatic rings. The van der Waals surface area contributed by atoms with E-state index in [0.717, 1.165) is 18.6 Å². The minimum absolute atomic E-state index is 0.207. The summed E-state index contributed by atoms with van der Waals surface area (Å²) in [5, 5.41) is 13.2. The Labute approximate surface area is 132 Å². The molecule has 0 amide bonds. The molecule has 22 heavy (non-hydrogen) atoms. The van der Waals surface area contributed by atoms with E-state index in [1.165, 1.54) is 14.2 Å². The van der Waals surface area contributed by atoms with E-state index in [1.807, 2.05) is 6.26 Å². The summed E-state index contributed by atoms with van der Waals surface area (Å²) in [7, 11) is 2.68. The Morgan fingerprint density at radius 1 is 1.23 bits per heavy atom. The molecule has 0 spiro atoms. The van der Waals surface area contributed by atoms with Gasteiger partial charge in [-0.2, -0.15) is 0 Å². The van der Waals surface area contributed by atoms with Crippen molar-refractivity contribution in [3.63, 3.8) is 0 Å². The third-order valence-electron chi connectivity index (χ3n) is 3.58. The third-order valence-corrected chi connectivity index (χ3v) is 5.55. The topological polar surface area (TPSA) is 74.4 Å². The first-order chi connectivity index (χ1) is 10.5. The number of rotatable bonds is 6. The second kappa shape index (κ2) is 6.96. The van der Waals surface area contributed by atoms with E-state index < -0.39 is 0 Å².